The Kier molecular flexibility index (Phi) is 7.92. The molecule has 1 saturated heterocycles. The number of ether oxygens (including phenoxy) is 4. The first-order valence-electron chi connectivity index (χ1n) is 11.6. The van der Waals surface area contributed by atoms with E-state index in [0.717, 1.165) is 5.39 Å². The number of piperazine rings is 1. The molecule has 0 aliphatic carbocycles. The SMILES string of the molecule is COc1cc2nc(N3CCN(C(=O)[C@H]4COc5ccccc5O4)CC3)[nH+]c(N)c2cc1OC.CS(=O)(=O)[O-]. The van der Waals surface area contributed by atoms with E-state index in [4.69, 9.17) is 42.6 Å². The predicted molar refractivity (Wildman–Crippen MR) is 137 cm³/mol. The summed E-state index contributed by atoms with van der Waals surface area (Å²) in [4.78, 5) is 24.8. The van der Waals surface area contributed by atoms with Crippen LogP contribution in [0.15, 0.2) is 36.4 Å². The minimum Gasteiger partial charge on any atom is -0.748 e. The molecule has 0 saturated carbocycles. The first-order chi connectivity index (χ1) is 18.1. The fourth-order valence-electron chi connectivity index (χ4n) is 4.14. The number of hydrogen-bond acceptors (Lipinski definition) is 11. The van der Waals surface area contributed by atoms with Crippen LogP contribution in [0.4, 0.5) is 11.8 Å². The van der Waals surface area contributed by atoms with Gasteiger partial charge in [-0.15, -0.1) is 4.98 Å². The van der Waals surface area contributed by atoms with Crippen LogP contribution in [0.3, 0.4) is 0 Å². The third kappa shape index (κ3) is 6.26. The molecule has 3 aromatic rings. The van der Waals surface area contributed by atoms with Gasteiger partial charge in [0.2, 0.25) is 11.9 Å². The average Bonchev–Trinajstić information content (AvgIpc) is 2.90. The average molecular weight is 548 g/mol. The number of nitrogens with zero attached hydrogens (tertiary/aromatic N) is 3. The van der Waals surface area contributed by atoms with E-state index in [9.17, 15) is 4.79 Å². The lowest BCUT2D eigenvalue weighted by atomic mass is 10.2. The molecule has 1 aromatic heterocycles. The molecule has 2 aliphatic heterocycles. The zero-order chi connectivity index (χ0) is 27.4. The quantitative estimate of drug-likeness (QED) is 0.445. The maximum absolute atomic E-state index is 13.0. The van der Waals surface area contributed by atoms with Gasteiger partial charge in [-0.25, -0.2) is 13.4 Å². The van der Waals surface area contributed by atoms with Crippen LogP contribution < -0.4 is 34.6 Å². The molecule has 1 atom stereocenters. The van der Waals surface area contributed by atoms with E-state index in [-0.39, 0.29) is 12.5 Å². The molecule has 5 rings (SSSR count). The zero-order valence-corrected chi connectivity index (χ0v) is 22.0. The largest absolute Gasteiger partial charge is 0.748 e. The van der Waals surface area contributed by atoms with Gasteiger partial charge >= 0.3 is 5.95 Å². The molecule has 0 radical (unpaired) electrons. The second-order valence-electron chi connectivity index (χ2n) is 8.58. The lowest BCUT2D eigenvalue weighted by Gasteiger charge is -2.35. The van der Waals surface area contributed by atoms with E-state index in [1.807, 2.05) is 24.3 Å². The zero-order valence-electron chi connectivity index (χ0n) is 21.2. The van der Waals surface area contributed by atoms with Crippen molar-refractivity contribution in [3.05, 3.63) is 36.4 Å². The first-order valence-corrected chi connectivity index (χ1v) is 13.5. The van der Waals surface area contributed by atoms with Gasteiger partial charge in [-0.3, -0.25) is 9.69 Å². The highest BCUT2D eigenvalue weighted by atomic mass is 32.2. The van der Waals surface area contributed by atoms with Gasteiger partial charge in [0.25, 0.3) is 5.91 Å². The van der Waals surface area contributed by atoms with E-state index >= 15 is 0 Å². The molecule has 1 fully saturated rings. The number of fused-ring (bicyclic) bond motifs is 2. The Balaban J connectivity index is 0.000000617. The van der Waals surface area contributed by atoms with Crippen LogP contribution in [0, 0.1) is 0 Å². The van der Waals surface area contributed by atoms with Crippen molar-refractivity contribution in [3.8, 4) is 23.0 Å². The summed E-state index contributed by atoms with van der Waals surface area (Å²) < 4.78 is 49.6. The normalized spacial score (nSPS) is 16.9. The number of methoxy groups -OCH3 is 2. The number of nitrogens with two attached hydrogens (primary N) is 1. The highest BCUT2D eigenvalue weighted by Crippen LogP contribution is 2.33. The Morgan fingerprint density at radius 2 is 1.71 bits per heavy atom. The number of nitrogen functional groups attached to an aromatic ring is 1. The van der Waals surface area contributed by atoms with Crippen LogP contribution in [0.25, 0.3) is 10.9 Å². The number of carbonyl (C=O) groups is 1. The Morgan fingerprint density at radius 3 is 2.34 bits per heavy atom. The van der Waals surface area contributed by atoms with Crippen molar-refractivity contribution in [2.45, 2.75) is 6.10 Å². The molecule has 0 unspecified atom stereocenters. The van der Waals surface area contributed by atoms with Crippen molar-refractivity contribution in [3.63, 3.8) is 0 Å². The summed E-state index contributed by atoms with van der Waals surface area (Å²) in [5.74, 6) is 3.49. The standard InChI is InChI=1S/C23H25N5O5.CH4O3S/c1-30-18-11-14-15(12-19(18)31-2)25-23(26-21(14)24)28-9-7-27(8-10-28)22(29)20-13-32-16-5-3-4-6-17(16)33-20;1-5(2,3)4/h3-6,11-12,20H,7-10,13H2,1-2H3,(H2,24,25,26);1H3,(H,2,3,4)/t20-;/m1./s1. The van der Waals surface area contributed by atoms with Crippen LogP contribution in [0.1, 0.15) is 0 Å². The minimum absolute atomic E-state index is 0.0732. The number of benzene rings is 2. The molecule has 3 heterocycles. The van der Waals surface area contributed by atoms with E-state index < -0.39 is 16.2 Å². The highest BCUT2D eigenvalue weighted by Gasteiger charge is 2.34. The summed E-state index contributed by atoms with van der Waals surface area (Å²) in [6.45, 7) is 2.51. The van der Waals surface area contributed by atoms with Gasteiger partial charge < -0.3 is 34.1 Å². The van der Waals surface area contributed by atoms with Crippen LogP contribution >= 0.6 is 0 Å². The summed E-state index contributed by atoms with van der Waals surface area (Å²) >= 11 is 0. The predicted octanol–water partition coefficient (Wildman–Crippen LogP) is 0.298. The van der Waals surface area contributed by atoms with Crippen molar-refractivity contribution in [2.24, 2.45) is 0 Å². The molecule has 2 aliphatic rings. The molecule has 204 valence electrons. The molecule has 2 aromatic carbocycles. The van der Waals surface area contributed by atoms with Crippen LogP contribution in [0.5, 0.6) is 23.0 Å². The minimum atomic E-state index is -3.92. The molecule has 0 bridgehead atoms. The van der Waals surface area contributed by atoms with E-state index in [1.54, 1.807) is 31.3 Å². The number of aromatic amines is 1. The molecular weight excluding hydrogens is 518 g/mol. The van der Waals surface area contributed by atoms with Gasteiger partial charge in [-0.05, 0) is 12.1 Å². The number of amides is 1. The number of para-hydroxylation sites is 2. The van der Waals surface area contributed by atoms with Gasteiger partial charge in [-0.1, -0.05) is 12.1 Å². The molecule has 38 heavy (non-hydrogen) atoms. The van der Waals surface area contributed by atoms with Crippen molar-refractivity contribution < 1.29 is 41.7 Å². The lowest BCUT2D eigenvalue weighted by Crippen LogP contribution is -2.55. The smallest absolute Gasteiger partial charge is 0.347 e. The maximum Gasteiger partial charge on any atom is 0.347 e. The van der Waals surface area contributed by atoms with Crippen molar-refractivity contribution in [1.82, 2.24) is 9.88 Å². The van der Waals surface area contributed by atoms with Crippen molar-refractivity contribution in [2.75, 3.05) is 63.9 Å². The number of rotatable bonds is 4. The summed E-state index contributed by atoms with van der Waals surface area (Å²) in [7, 11) is -0.756. The fourth-order valence-corrected chi connectivity index (χ4v) is 4.14. The highest BCUT2D eigenvalue weighted by molar-refractivity contribution is 7.84. The summed E-state index contributed by atoms with van der Waals surface area (Å²) in [5.41, 5.74) is 6.98. The Hall–Kier alpha value is -4.04. The van der Waals surface area contributed by atoms with E-state index in [2.05, 4.69) is 9.88 Å². The van der Waals surface area contributed by atoms with Crippen LogP contribution in [-0.2, 0) is 14.9 Å². The Morgan fingerprint density at radius 1 is 1.11 bits per heavy atom. The second-order valence-corrected chi connectivity index (χ2v) is 9.99. The Labute approximate surface area is 219 Å². The molecule has 13 nitrogen and oxygen atoms in total. The Bertz CT molecular complexity index is 1420. The van der Waals surface area contributed by atoms with Gasteiger partial charge in [0.15, 0.2) is 23.0 Å². The third-order valence-electron chi connectivity index (χ3n) is 5.94. The fraction of sp³-hybridized carbons (Fsp3) is 0.375. The van der Waals surface area contributed by atoms with Gasteiger partial charge in [-0.2, -0.15) is 0 Å². The monoisotopic (exact) mass is 547 g/mol. The van der Waals surface area contributed by atoms with Crippen molar-refractivity contribution >= 4 is 38.7 Å². The van der Waals surface area contributed by atoms with Crippen LogP contribution in [-0.4, -0.2) is 88.1 Å². The van der Waals surface area contributed by atoms with Crippen molar-refractivity contribution in [1.29, 1.82) is 0 Å². The second kappa shape index (κ2) is 11.1. The lowest BCUT2D eigenvalue weighted by molar-refractivity contribution is -0.348. The maximum atomic E-state index is 13.0. The molecule has 14 heteroatoms. The summed E-state index contributed by atoms with van der Waals surface area (Å²) in [6.07, 6.45) is -0.0394. The number of carbonyl (C=O) groups excluding carboxylic acids is 1. The number of H-pyrrole nitrogens is 1. The molecular formula is C24H29N5O8S. The topological polar surface area (TPSA) is 171 Å². The number of nitrogens with one attached hydrogen (secondary N) is 1. The van der Waals surface area contributed by atoms with Gasteiger partial charge in [0.05, 0.1) is 42.8 Å². The summed E-state index contributed by atoms with van der Waals surface area (Å²) in [5, 5.41) is 0.750. The van der Waals surface area contributed by atoms with E-state index in [1.165, 1.54) is 0 Å². The molecule has 3 N–H and O–H groups in total. The number of anilines is 2. The number of hydrogen-bond donors (Lipinski definition) is 1. The third-order valence-corrected chi connectivity index (χ3v) is 5.94. The van der Waals surface area contributed by atoms with Crippen LogP contribution in [0.2, 0.25) is 0 Å². The number of aromatic nitrogens is 2. The van der Waals surface area contributed by atoms with E-state index in [0.29, 0.717) is 72.7 Å². The van der Waals surface area contributed by atoms with Gasteiger partial charge in [0, 0.05) is 31.5 Å². The van der Waals surface area contributed by atoms with Gasteiger partial charge in [0.1, 0.15) is 12.1 Å². The molecule has 0 spiro atoms. The summed E-state index contributed by atoms with van der Waals surface area (Å²) in [6, 6.07) is 11.0. The first kappa shape index (κ1) is 27.0. The molecule has 1 amide bonds.